The largest absolute Gasteiger partial charge is 0.439 e. The van der Waals surface area contributed by atoms with E-state index in [9.17, 15) is 0 Å². The summed E-state index contributed by atoms with van der Waals surface area (Å²) in [5.74, 6) is 1.44. The number of benzene rings is 3. The summed E-state index contributed by atoms with van der Waals surface area (Å²) in [4.78, 5) is 6.03. The molecule has 4 heteroatoms. The van der Waals surface area contributed by atoms with Crippen molar-refractivity contribution in [3.8, 4) is 5.75 Å². The molecule has 0 radical (unpaired) electrons. The number of hydrogen-bond acceptors (Lipinski definition) is 4. The molecule has 2 nitrogen and oxygen atoms in total. The van der Waals surface area contributed by atoms with Gasteiger partial charge < -0.3 is 4.74 Å². The van der Waals surface area contributed by atoms with Gasteiger partial charge >= 0.3 is 0 Å². The second-order valence-corrected chi connectivity index (χ2v) is 8.20. The average Bonchev–Trinajstić information content (AvgIpc) is 2.75. The van der Waals surface area contributed by atoms with Gasteiger partial charge in [-0.2, -0.15) is 0 Å². The molecule has 0 aliphatic rings. The number of hydrogen-bond donors (Lipinski definition) is 0. The number of aliphatic imine (C=N–C) groups is 1. The average molecular weight is 406 g/mol. The molecule has 0 saturated heterocycles. The highest BCUT2D eigenvalue weighted by atomic mass is 33.1. The van der Waals surface area contributed by atoms with Gasteiger partial charge in [-0.05, 0) is 48.2 Å². The predicted molar refractivity (Wildman–Crippen MR) is 123 cm³/mol. The zero-order valence-electron chi connectivity index (χ0n) is 15.8. The Morgan fingerprint density at radius 1 is 0.857 bits per heavy atom. The van der Waals surface area contributed by atoms with Crippen molar-refractivity contribution in [2.24, 2.45) is 4.99 Å². The van der Waals surface area contributed by atoms with E-state index in [-0.39, 0.29) is 0 Å². The number of nitrogens with zero attached hydrogens (tertiary/aromatic N) is 1. The van der Waals surface area contributed by atoms with Crippen LogP contribution in [0.4, 0.5) is 5.69 Å². The molecule has 0 aromatic heterocycles. The van der Waals surface area contributed by atoms with Crippen molar-refractivity contribution in [2.45, 2.75) is 24.7 Å². The Kier molecular flexibility index (Phi) is 8.28. The van der Waals surface area contributed by atoms with E-state index in [0.717, 1.165) is 29.9 Å². The molecule has 0 N–H and O–H groups in total. The molecule has 142 valence electrons. The summed E-state index contributed by atoms with van der Waals surface area (Å²) in [5.41, 5.74) is 1.99. The summed E-state index contributed by atoms with van der Waals surface area (Å²) >= 11 is 0. The van der Waals surface area contributed by atoms with Crippen LogP contribution in [0.5, 0.6) is 5.75 Å². The van der Waals surface area contributed by atoms with Crippen LogP contribution in [-0.2, 0) is 0 Å². The van der Waals surface area contributed by atoms with E-state index in [1.807, 2.05) is 66.7 Å². The smallest absolute Gasteiger partial charge is 0.223 e. The van der Waals surface area contributed by atoms with Crippen LogP contribution in [0.25, 0.3) is 0 Å². The van der Waals surface area contributed by atoms with Gasteiger partial charge in [-0.15, -0.1) is 0 Å². The van der Waals surface area contributed by atoms with Crippen LogP contribution in [-0.4, -0.2) is 5.90 Å². The first-order chi connectivity index (χ1) is 13.8. The lowest BCUT2D eigenvalue weighted by molar-refractivity contribution is 0.547. The Hall–Kier alpha value is -2.43. The maximum absolute atomic E-state index is 6.19. The Balaban J connectivity index is 1.85. The van der Waals surface area contributed by atoms with Gasteiger partial charge in [0.1, 0.15) is 5.75 Å². The third-order valence-corrected chi connectivity index (χ3v) is 5.91. The van der Waals surface area contributed by atoms with Crippen LogP contribution >= 0.6 is 21.6 Å². The highest BCUT2D eigenvalue weighted by Crippen LogP contribution is 2.33. The van der Waals surface area contributed by atoms with Crippen molar-refractivity contribution in [2.75, 3.05) is 0 Å². The summed E-state index contributed by atoms with van der Waals surface area (Å²) in [7, 11) is 3.43. The second-order valence-electron chi connectivity index (χ2n) is 6.05. The number of rotatable bonds is 8. The van der Waals surface area contributed by atoms with Gasteiger partial charge in [0.2, 0.25) is 5.90 Å². The van der Waals surface area contributed by atoms with E-state index in [1.54, 1.807) is 21.6 Å². The topological polar surface area (TPSA) is 21.6 Å². The quantitative estimate of drug-likeness (QED) is 0.216. The highest BCUT2D eigenvalue weighted by Gasteiger charge is 2.11. The van der Waals surface area contributed by atoms with E-state index < -0.39 is 0 Å². The van der Waals surface area contributed by atoms with Crippen molar-refractivity contribution < 1.29 is 4.74 Å². The molecule has 0 aliphatic carbocycles. The van der Waals surface area contributed by atoms with Gasteiger partial charge in [-0.1, -0.05) is 89.5 Å². The fraction of sp³-hybridized carbons (Fsp3) is 0.125. The van der Waals surface area contributed by atoms with Crippen LogP contribution in [0, 0.1) is 0 Å². The molecule has 0 unspecified atom stereocenters. The maximum Gasteiger partial charge on any atom is 0.223 e. The first-order valence-corrected chi connectivity index (χ1v) is 11.5. The molecule has 0 heterocycles. The molecule has 0 spiro atoms. The molecular formula is C24H23NOS2. The van der Waals surface area contributed by atoms with Crippen molar-refractivity contribution in [3.63, 3.8) is 0 Å². The zero-order chi connectivity index (χ0) is 19.4. The molecule has 0 atom stereocenters. The summed E-state index contributed by atoms with van der Waals surface area (Å²) in [6, 6.07) is 30.2. The highest BCUT2D eigenvalue weighted by molar-refractivity contribution is 8.77. The van der Waals surface area contributed by atoms with Gasteiger partial charge in [0.25, 0.3) is 0 Å². The lowest BCUT2D eigenvalue weighted by Gasteiger charge is -2.12. The molecule has 3 aromatic rings. The van der Waals surface area contributed by atoms with Crippen molar-refractivity contribution in [1.29, 1.82) is 0 Å². The summed E-state index contributed by atoms with van der Waals surface area (Å²) in [5, 5.41) is 2.16. The minimum Gasteiger partial charge on any atom is -0.439 e. The Labute approximate surface area is 175 Å². The third kappa shape index (κ3) is 6.63. The second kappa shape index (κ2) is 11.4. The van der Waals surface area contributed by atoms with Crippen LogP contribution < -0.4 is 4.74 Å². The number of ether oxygens (including phenoxy) is 1. The lowest BCUT2D eigenvalue weighted by atomic mass is 10.1. The Morgan fingerprint density at radius 2 is 1.46 bits per heavy atom. The van der Waals surface area contributed by atoms with E-state index in [0.29, 0.717) is 5.90 Å². The fourth-order valence-electron chi connectivity index (χ4n) is 2.48. The van der Waals surface area contributed by atoms with Crippen LogP contribution in [0.2, 0.25) is 0 Å². The first-order valence-electron chi connectivity index (χ1n) is 9.29. The van der Waals surface area contributed by atoms with Crippen molar-refractivity contribution in [1.82, 2.24) is 0 Å². The van der Waals surface area contributed by atoms with Crippen LogP contribution in [0.1, 0.15) is 19.8 Å². The van der Waals surface area contributed by atoms with Crippen LogP contribution in [0.15, 0.2) is 112 Å². The Bertz CT molecular complexity index is 894. The van der Waals surface area contributed by atoms with Crippen LogP contribution in [0.3, 0.4) is 0 Å². The zero-order valence-corrected chi connectivity index (χ0v) is 17.5. The molecule has 3 aromatic carbocycles. The normalized spacial score (nSPS) is 12.0. The summed E-state index contributed by atoms with van der Waals surface area (Å²) < 4.78 is 6.19. The first kappa shape index (κ1) is 20.3. The van der Waals surface area contributed by atoms with E-state index in [1.165, 1.54) is 4.90 Å². The minimum atomic E-state index is 0.653. The van der Waals surface area contributed by atoms with Gasteiger partial charge in [0.15, 0.2) is 0 Å². The molecule has 0 saturated carbocycles. The fourth-order valence-corrected chi connectivity index (χ4v) is 4.40. The van der Waals surface area contributed by atoms with Gasteiger partial charge in [-0.25, -0.2) is 4.99 Å². The van der Waals surface area contributed by atoms with Gasteiger partial charge in [0.05, 0.1) is 5.69 Å². The SMILES string of the molecule is CCC/C(=C\SSc1ccccc1)C(=Nc1ccccc1)Oc1ccccc1. The van der Waals surface area contributed by atoms with E-state index in [2.05, 4.69) is 36.6 Å². The van der Waals surface area contributed by atoms with E-state index >= 15 is 0 Å². The summed E-state index contributed by atoms with van der Waals surface area (Å²) in [6.45, 7) is 2.17. The van der Waals surface area contributed by atoms with Gasteiger partial charge in [0, 0.05) is 10.5 Å². The maximum atomic E-state index is 6.19. The molecule has 28 heavy (non-hydrogen) atoms. The predicted octanol–water partition coefficient (Wildman–Crippen LogP) is 7.92. The minimum absolute atomic E-state index is 0.653. The van der Waals surface area contributed by atoms with Crippen molar-refractivity contribution >= 4 is 33.2 Å². The molecule has 0 aliphatic heterocycles. The van der Waals surface area contributed by atoms with Crippen molar-refractivity contribution in [3.05, 3.63) is 102 Å². The molecule has 3 rings (SSSR count). The molecule has 0 bridgehead atoms. The lowest BCUT2D eigenvalue weighted by Crippen LogP contribution is -2.11. The molecular weight excluding hydrogens is 382 g/mol. The standard InChI is InChI=1S/C24H23NOS2/c1-2-12-20(19-27-28-23-17-10-5-11-18-23)24(25-21-13-6-3-7-14-21)26-22-15-8-4-9-16-22/h3-11,13-19H,2,12H2,1H3/b20-19+,25-24?. The number of para-hydroxylation sites is 2. The third-order valence-electron chi connectivity index (χ3n) is 3.82. The van der Waals surface area contributed by atoms with E-state index in [4.69, 9.17) is 9.73 Å². The molecule has 0 fully saturated rings. The summed E-state index contributed by atoms with van der Waals surface area (Å²) in [6.07, 6.45) is 1.93. The molecule has 0 amide bonds. The monoisotopic (exact) mass is 405 g/mol. The Morgan fingerprint density at radius 3 is 2.11 bits per heavy atom. The van der Waals surface area contributed by atoms with Gasteiger partial charge in [-0.3, -0.25) is 0 Å².